The monoisotopic (exact) mass is 218 g/mol. The molecule has 0 aromatic heterocycles. The largest absolute Gasteiger partial charge is 0.341 e. The fraction of sp³-hybridized carbons (Fsp3) is 0.692. The van der Waals surface area contributed by atoms with Crippen molar-refractivity contribution in [3.05, 3.63) is 0 Å². The first-order valence-corrected chi connectivity index (χ1v) is 5.83. The SMILES string of the molecule is C#CC(C)NC(=O)C1(C#N)CCCCCC1. The molecule has 0 bridgehead atoms. The maximum Gasteiger partial charge on any atom is 0.241 e. The Morgan fingerprint density at radius 3 is 2.38 bits per heavy atom. The van der Waals surface area contributed by atoms with E-state index in [0.717, 1.165) is 25.7 Å². The van der Waals surface area contributed by atoms with Crippen LogP contribution in [0.4, 0.5) is 0 Å². The summed E-state index contributed by atoms with van der Waals surface area (Å²) < 4.78 is 0. The van der Waals surface area contributed by atoms with Crippen molar-refractivity contribution in [1.82, 2.24) is 5.32 Å². The molecule has 1 aliphatic rings. The van der Waals surface area contributed by atoms with Gasteiger partial charge in [0.1, 0.15) is 5.41 Å². The fourth-order valence-electron chi connectivity index (χ4n) is 2.10. The first-order valence-electron chi connectivity index (χ1n) is 5.83. The molecule has 3 heteroatoms. The van der Waals surface area contributed by atoms with Gasteiger partial charge in [0, 0.05) is 0 Å². The molecular formula is C13H18N2O. The third-order valence-corrected chi connectivity index (χ3v) is 3.20. The van der Waals surface area contributed by atoms with Crippen LogP contribution in [0.5, 0.6) is 0 Å². The van der Waals surface area contributed by atoms with Gasteiger partial charge in [-0.3, -0.25) is 4.79 Å². The number of hydrogen-bond acceptors (Lipinski definition) is 2. The topological polar surface area (TPSA) is 52.9 Å². The van der Waals surface area contributed by atoms with E-state index in [9.17, 15) is 10.1 Å². The van der Waals surface area contributed by atoms with E-state index < -0.39 is 5.41 Å². The maximum absolute atomic E-state index is 12.0. The van der Waals surface area contributed by atoms with Crippen LogP contribution >= 0.6 is 0 Å². The summed E-state index contributed by atoms with van der Waals surface area (Å²) in [6.07, 6.45) is 10.7. The van der Waals surface area contributed by atoms with Gasteiger partial charge in [0.25, 0.3) is 0 Å². The first-order chi connectivity index (χ1) is 7.64. The molecule has 0 aromatic rings. The summed E-state index contributed by atoms with van der Waals surface area (Å²) >= 11 is 0. The number of nitriles is 1. The molecule has 0 spiro atoms. The normalized spacial score (nSPS) is 20.9. The van der Waals surface area contributed by atoms with Crippen LogP contribution in [-0.2, 0) is 4.79 Å². The Kier molecular flexibility index (Phi) is 4.38. The molecule has 0 heterocycles. The highest BCUT2D eigenvalue weighted by molar-refractivity contribution is 5.85. The van der Waals surface area contributed by atoms with Crippen LogP contribution in [0, 0.1) is 29.1 Å². The van der Waals surface area contributed by atoms with Crippen molar-refractivity contribution in [3.63, 3.8) is 0 Å². The van der Waals surface area contributed by atoms with Gasteiger partial charge in [0.15, 0.2) is 0 Å². The van der Waals surface area contributed by atoms with E-state index in [2.05, 4.69) is 17.3 Å². The summed E-state index contributed by atoms with van der Waals surface area (Å²) in [7, 11) is 0. The lowest BCUT2D eigenvalue weighted by molar-refractivity contribution is -0.129. The molecule has 0 aliphatic heterocycles. The van der Waals surface area contributed by atoms with Gasteiger partial charge >= 0.3 is 0 Å². The minimum Gasteiger partial charge on any atom is -0.341 e. The zero-order valence-corrected chi connectivity index (χ0v) is 9.75. The molecule has 1 saturated carbocycles. The Balaban J connectivity index is 2.75. The van der Waals surface area contributed by atoms with Crippen molar-refractivity contribution in [2.45, 2.75) is 51.5 Å². The quantitative estimate of drug-likeness (QED) is 0.569. The van der Waals surface area contributed by atoms with Crippen molar-refractivity contribution < 1.29 is 4.79 Å². The third-order valence-electron chi connectivity index (χ3n) is 3.20. The van der Waals surface area contributed by atoms with Crippen molar-refractivity contribution in [2.24, 2.45) is 5.41 Å². The molecule has 0 aromatic carbocycles. The molecule has 3 nitrogen and oxygen atoms in total. The van der Waals surface area contributed by atoms with Gasteiger partial charge in [-0.2, -0.15) is 5.26 Å². The molecule has 1 fully saturated rings. The van der Waals surface area contributed by atoms with Crippen LogP contribution in [-0.4, -0.2) is 11.9 Å². The predicted molar refractivity (Wildman–Crippen MR) is 62.2 cm³/mol. The zero-order chi connectivity index (χ0) is 12.0. The van der Waals surface area contributed by atoms with Crippen LogP contribution in [0.2, 0.25) is 0 Å². The van der Waals surface area contributed by atoms with E-state index in [1.165, 1.54) is 0 Å². The van der Waals surface area contributed by atoms with Crippen LogP contribution in [0.25, 0.3) is 0 Å². The van der Waals surface area contributed by atoms with Crippen LogP contribution in [0.15, 0.2) is 0 Å². The smallest absolute Gasteiger partial charge is 0.241 e. The number of rotatable bonds is 2. The molecule has 1 atom stereocenters. The average molecular weight is 218 g/mol. The Morgan fingerprint density at radius 1 is 1.38 bits per heavy atom. The van der Waals surface area contributed by atoms with Gasteiger partial charge in [-0.25, -0.2) is 0 Å². The molecule has 1 rings (SSSR count). The highest BCUT2D eigenvalue weighted by atomic mass is 16.2. The summed E-state index contributed by atoms with van der Waals surface area (Å²) in [6, 6.07) is 1.90. The molecule has 0 radical (unpaired) electrons. The zero-order valence-electron chi connectivity index (χ0n) is 9.75. The highest BCUT2D eigenvalue weighted by Crippen LogP contribution is 2.34. The van der Waals surface area contributed by atoms with Gasteiger partial charge in [-0.1, -0.05) is 31.6 Å². The number of carbonyl (C=O) groups is 1. The van der Waals surface area contributed by atoms with Crippen LogP contribution < -0.4 is 5.32 Å². The molecular weight excluding hydrogens is 200 g/mol. The number of nitrogens with one attached hydrogen (secondary N) is 1. The second kappa shape index (κ2) is 5.56. The molecule has 16 heavy (non-hydrogen) atoms. The highest BCUT2D eigenvalue weighted by Gasteiger charge is 2.39. The molecule has 1 amide bonds. The predicted octanol–water partition coefficient (Wildman–Crippen LogP) is 1.99. The Morgan fingerprint density at radius 2 is 1.94 bits per heavy atom. The molecule has 1 aliphatic carbocycles. The van der Waals surface area contributed by atoms with Crippen molar-refractivity contribution in [3.8, 4) is 18.4 Å². The van der Waals surface area contributed by atoms with E-state index in [-0.39, 0.29) is 11.9 Å². The second-order valence-corrected chi connectivity index (χ2v) is 4.47. The summed E-state index contributed by atoms with van der Waals surface area (Å²) in [5.41, 5.74) is -0.846. The van der Waals surface area contributed by atoms with Gasteiger partial charge in [0.2, 0.25) is 5.91 Å². The maximum atomic E-state index is 12.0. The van der Waals surface area contributed by atoms with Gasteiger partial charge in [-0.15, -0.1) is 6.42 Å². The standard InChI is InChI=1S/C13H18N2O/c1-3-11(2)15-12(16)13(10-14)8-6-4-5-7-9-13/h1,11H,4-9H2,2H3,(H,15,16). The van der Waals surface area contributed by atoms with E-state index in [0.29, 0.717) is 12.8 Å². The summed E-state index contributed by atoms with van der Waals surface area (Å²) in [4.78, 5) is 12.0. The molecule has 0 saturated heterocycles. The number of amides is 1. The number of nitrogens with zero attached hydrogens (tertiary/aromatic N) is 1. The van der Waals surface area contributed by atoms with Crippen LogP contribution in [0.3, 0.4) is 0 Å². The van der Waals surface area contributed by atoms with E-state index in [1.54, 1.807) is 6.92 Å². The molecule has 1 N–H and O–H groups in total. The number of carbonyl (C=O) groups excluding carboxylic acids is 1. The van der Waals surface area contributed by atoms with E-state index in [4.69, 9.17) is 6.42 Å². The summed E-state index contributed by atoms with van der Waals surface area (Å²) in [5, 5.41) is 12.0. The number of terminal acetylenes is 1. The van der Waals surface area contributed by atoms with Crippen molar-refractivity contribution in [2.75, 3.05) is 0 Å². The lowest BCUT2D eigenvalue weighted by Gasteiger charge is -2.24. The van der Waals surface area contributed by atoms with Gasteiger partial charge in [-0.05, 0) is 19.8 Å². The molecule has 1 unspecified atom stereocenters. The van der Waals surface area contributed by atoms with Crippen LogP contribution in [0.1, 0.15) is 45.4 Å². The third kappa shape index (κ3) is 2.76. The minimum atomic E-state index is -0.846. The Hall–Kier alpha value is -1.48. The summed E-state index contributed by atoms with van der Waals surface area (Å²) in [5.74, 6) is 2.26. The minimum absolute atomic E-state index is 0.192. The Bertz CT molecular complexity index is 327. The molecule has 86 valence electrons. The van der Waals surface area contributed by atoms with Crippen molar-refractivity contribution >= 4 is 5.91 Å². The number of hydrogen-bond donors (Lipinski definition) is 1. The lowest BCUT2D eigenvalue weighted by Crippen LogP contribution is -2.43. The summed E-state index contributed by atoms with van der Waals surface area (Å²) in [6.45, 7) is 1.75. The lowest BCUT2D eigenvalue weighted by atomic mass is 9.81. The van der Waals surface area contributed by atoms with Gasteiger partial charge in [0.05, 0.1) is 12.1 Å². The average Bonchev–Trinajstić information content (AvgIpc) is 2.54. The van der Waals surface area contributed by atoms with Gasteiger partial charge < -0.3 is 5.32 Å². The second-order valence-electron chi connectivity index (χ2n) is 4.47. The van der Waals surface area contributed by atoms with E-state index in [1.807, 2.05) is 0 Å². The van der Waals surface area contributed by atoms with E-state index >= 15 is 0 Å². The van der Waals surface area contributed by atoms with Crippen molar-refractivity contribution in [1.29, 1.82) is 5.26 Å². The fourth-order valence-corrected chi connectivity index (χ4v) is 2.10. The Labute approximate surface area is 97.2 Å². The first kappa shape index (κ1) is 12.6.